The van der Waals surface area contributed by atoms with Crippen LogP contribution in [-0.4, -0.2) is 52.0 Å². The number of Topliss-reactive ketones (excluding diaryl/α,β-unsaturated/α-hetero) is 1. The summed E-state index contributed by atoms with van der Waals surface area (Å²) in [5.74, 6) is -0.753. The Morgan fingerprint density at radius 2 is 1.85 bits per heavy atom. The maximum Gasteiger partial charge on any atom is 0.295 e. The van der Waals surface area contributed by atoms with Crippen LogP contribution in [0, 0.1) is 0 Å². The SMILES string of the molecule is COc1ccc(/C(O)=C2\C(=O)C(=O)N(CCCn3ccnc3)C2c2ccccc2)c(OC)c1. The van der Waals surface area contributed by atoms with Crippen LogP contribution in [0.25, 0.3) is 5.76 Å². The fraction of sp³-hybridized carbons (Fsp3) is 0.240. The van der Waals surface area contributed by atoms with Gasteiger partial charge in [-0.15, -0.1) is 0 Å². The Morgan fingerprint density at radius 1 is 1.06 bits per heavy atom. The molecule has 1 saturated heterocycles. The first-order valence-corrected chi connectivity index (χ1v) is 10.6. The molecule has 0 bridgehead atoms. The van der Waals surface area contributed by atoms with Gasteiger partial charge in [0.05, 0.1) is 37.7 Å². The molecule has 1 unspecified atom stereocenters. The van der Waals surface area contributed by atoms with E-state index in [1.807, 2.05) is 41.1 Å². The molecule has 1 fully saturated rings. The Kier molecular flexibility index (Phi) is 6.44. The molecular formula is C25H25N3O5. The second kappa shape index (κ2) is 9.60. The number of ketones is 1. The number of benzene rings is 2. The summed E-state index contributed by atoms with van der Waals surface area (Å²) in [6.45, 7) is 0.996. The summed E-state index contributed by atoms with van der Waals surface area (Å²) in [4.78, 5) is 31.7. The number of aromatic nitrogens is 2. The van der Waals surface area contributed by atoms with Gasteiger partial charge in [-0.1, -0.05) is 30.3 Å². The average Bonchev–Trinajstić information content (AvgIpc) is 3.46. The van der Waals surface area contributed by atoms with Crippen LogP contribution in [0.3, 0.4) is 0 Å². The number of nitrogens with zero attached hydrogens (tertiary/aromatic N) is 3. The van der Waals surface area contributed by atoms with E-state index in [2.05, 4.69) is 4.98 Å². The first-order chi connectivity index (χ1) is 16.0. The zero-order valence-electron chi connectivity index (χ0n) is 18.5. The number of rotatable bonds is 8. The molecule has 2 aromatic carbocycles. The second-order valence-corrected chi connectivity index (χ2v) is 7.62. The van der Waals surface area contributed by atoms with Gasteiger partial charge < -0.3 is 24.0 Å². The monoisotopic (exact) mass is 447 g/mol. The molecule has 0 saturated carbocycles. The van der Waals surface area contributed by atoms with Gasteiger partial charge in [0.25, 0.3) is 11.7 Å². The lowest BCUT2D eigenvalue weighted by Crippen LogP contribution is -2.31. The van der Waals surface area contributed by atoms with E-state index in [-0.39, 0.29) is 11.3 Å². The number of ether oxygens (including phenoxy) is 2. The minimum atomic E-state index is -0.721. The quantitative estimate of drug-likeness (QED) is 0.323. The summed E-state index contributed by atoms with van der Waals surface area (Å²) >= 11 is 0. The normalized spacial score (nSPS) is 17.4. The van der Waals surface area contributed by atoms with Gasteiger partial charge in [0.15, 0.2) is 0 Å². The lowest BCUT2D eigenvalue weighted by atomic mass is 9.95. The van der Waals surface area contributed by atoms with Crippen LogP contribution in [0.5, 0.6) is 11.5 Å². The Balaban J connectivity index is 1.75. The van der Waals surface area contributed by atoms with E-state index in [0.717, 1.165) is 5.56 Å². The Labute approximate surface area is 191 Å². The van der Waals surface area contributed by atoms with Crippen molar-refractivity contribution in [3.8, 4) is 11.5 Å². The molecular weight excluding hydrogens is 422 g/mol. The molecule has 8 heteroatoms. The summed E-state index contributed by atoms with van der Waals surface area (Å²) in [7, 11) is 2.99. The number of imidazole rings is 1. The fourth-order valence-electron chi connectivity index (χ4n) is 4.07. The zero-order valence-corrected chi connectivity index (χ0v) is 18.5. The molecule has 1 aliphatic rings. The van der Waals surface area contributed by atoms with E-state index in [1.165, 1.54) is 19.1 Å². The number of likely N-dealkylation sites (tertiary alicyclic amines) is 1. The van der Waals surface area contributed by atoms with Crippen molar-refractivity contribution in [3.05, 3.63) is 84.0 Å². The number of hydrogen-bond acceptors (Lipinski definition) is 6. The minimum absolute atomic E-state index is 0.0392. The minimum Gasteiger partial charge on any atom is -0.507 e. The van der Waals surface area contributed by atoms with Gasteiger partial charge in [-0.2, -0.15) is 0 Å². The zero-order chi connectivity index (χ0) is 23.4. The lowest BCUT2D eigenvalue weighted by molar-refractivity contribution is -0.139. The van der Waals surface area contributed by atoms with Gasteiger partial charge in [0.2, 0.25) is 0 Å². The van der Waals surface area contributed by atoms with Crippen LogP contribution >= 0.6 is 0 Å². The Bertz CT molecular complexity index is 1170. The van der Waals surface area contributed by atoms with E-state index in [9.17, 15) is 14.7 Å². The van der Waals surface area contributed by atoms with E-state index >= 15 is 0 Å². The molecule has 0 radical (unpaired) electrons. The lowest BCUT2D eigenvalue weighted by Gasteiger charge is -2.25. The third kappa shape index (κ3) is 4.32. The molecule has 1 aromatic heterocycles. The molecule has 2 heterocycles. The van der Waals surface area contributed by atoms with Gasteiger partial charge in [-0.3, -0.25) is 9.59 Å². The topological polar surface area (TPSA) is 93.9 Å². The Morgan fingerprint density at radius 3 is 2.52 bits per heavy atom. The van der Waals surface area contributed by atoms with Crippen molar-refractivity contribution in [2.75, 3.05) is 20.8 Å². The molecule has 1 aliphatic heterocycles. The average molecular weight is 447 g/mol. The first-order valence-electron chi connectivity index (χ1n) is 10.6. The predicted octanol–water partition coefficient (Wildman–Crippen LogP) is 3.41. The predicted molar refractivity (Wildman–Crippen MR) is 122 cm³/mol. The highest BCUT2D eigenvalue weighted by Crippen LogP contribution is 2.41. The molecule has 8 nitrogen and oxygen atoms in total. The molecule has 0 spiro atoms. The van der Waals surface area contributed by atoms with E-state index in [0.29, 0.717) is 36.6 Å². The highest BCUT2D eigenvalue weighted by atomic mass is 16.5. The van der Waals surface area contributed by atoms with Crippen molar-refractivity contribution in [1.82, 2.24) is 14.5 Å². The summed E-state index contributed by atoms with van der Waals surface area (Å²) < 4.78 is 12.5. The van der Waals surface area contributed by atoms with Crippen LogP contribution in [-0.2, 0) is 16.1 Å². The van der Waals surface area contributed by atoms with Crippen molar-refractivity contribution in [2.24, 2.45) is 0 Å². The third-order valence-electron chi connectivity index (χ3n) is 5.69. The number of carbonyl (C=O) groups is 2. The van der Waals surface area contributed by atoms with Crippen LogP contribution in [0.2, 0.25) is 0 Å². The van der Waals surface area contributed by atoms with Gasteiger partial charge in [-0.25, -0.2) is 4.98 Å². The number of aliphatic hydroxyl groups is 1. The number of aryl methyl sites for hydroxylation is 1. The van der Waals surface area contributed by atoms with Crippen LogP contribution < -0.4 is 9.47 Å². The van der Waals surface area contributed by atoms with Gasteiger partial charge in [0.1, 0.15) is 17.3 Å². The largest absolute Gasteiger partial charge is 0.507 e. The van der Waals surface area contributed by atoms with Gasteiger partial charge >= 0.3 is 0 Å². The molecule has 1 amide bonds. The number of amides is 1. The molecule has 170 valence electrons. The van der Waals surface area contributed by atoms with Crippen molar-refractivity contribution >= 4 is 17.4 Å². The molecule has 1 N–H and O–H groups in total. The van der Waals surface area contributed by atoms with Gasteiger partial charge in [0, 0.05) is 31.5 Å². The molecule has 1 atom stereocenters. The number of aliphatic hydroxyl groups excluding tert-OH is 1. The summed E-state index contributed by atoms with van der Waals surface area (Å²) in [6, 6.07) is 13.4. The van der Waals surface area contributed by atoms with E-state index < -0.39 is 17.7 Å². The smallest absolute Gasteiger partial charge is 0.295 e. The molecule has 4 rings (SSSR count). The maximum absolute atomic E-state index is 13.1. The second-order valence-electron chi connectivity index (χ2n) is 7.62. The van der Waals surface area contributed by atoms with Crippen molar-refractivity contribution in [3.63, 3.8) is 0 Å². The summed E-state index contributed by atoms with van der Waals surface area (Å²) in [5.41, 5.74) is 1.10. The van der Waals surface area contributed by atoms with E-state index in [4.69, 9.17) is 9.47 Å². The molecule has 0 aliphatic carbocycles. The van der Waals surface area contributed by atoms with Gasteiger partial charge in [-0.05, 0) is 24.1 Å². The van der Waals surface area contributed by atoms with Crippen LogP contribution in [0.4, 0.5) is 0 Å². The van der Waals surface area contributed by atoms with Crippen LogP contribution in [0.1, 0.15) is 23.6 Å². The number of carbonyl (C=O) groups excluding carboxylic acids is 2. The van der Waals surface area contributed by atoms with Crippen LogP contribution in [0.15, 0.2) is 72.8 Å². The fourth-order valence-corrected chi connectivity index (χ4v) is 4.07. The number of hydrogen-bond donors (Lipinski definition) is 1. The maximum atomic E-state index is 13.1. The van der Waals surface area contributed by atoms with Crippen molar-refractivity contribution in [1.29, 1.82) is 0 Å². The summed E-state index contributed by atoms with van der Waals surface area (Å²) in [5, 5.41) is 11.3. The standard InChI is InChI=1S/C25H25N3O5/c1-32-18-9-10-19(20(15-18)33-2)23(29)21-22(17-7-4-3-5-8-17)28(25(31)24(21)30)13-6-12-27-14-11-26-16-27/h3-5,7-11,14-16,22,29H,6,12-13H2,1-2H3/b23-21+. The Hall–Kier alpha value is -4.07. The molecule has 3 aromatic rings. The highest BCUT2D eigenvalue weighted by Gasteiger charge is 2.46. The van der Waals surface area contributed by atoms with E-state index in [1.54, 1.807) is 30.7 Å². The van der Waals surface area contributed by atoms with Crippen molar-refractivity contribution < 1.29 is 24.2 Å². The molecule has 33 heavy (non-hydrogen) atoms. The number of methoxy groups -OCH3 is 2. The van der Waals surface area contributed by atoms with Crippen molar-refractivity contribution in [2.45, 2.75) is 19.0 Å². The highest BCUT2D eigenvalue weighted by molar-refractivity contribution is 6.46. The summed E-state index contributed by atoms with van der Waals surface area (Å²) in [6.07, 6.45) is 5.87. The third-order valence-corrected chi connectivity index (χ3v) is 5.69. The first kappa shape index (κ1) is 22.1.